The monoisotopic (exact) mass is 313 g/mol. The van der Waals surface area contributed by atoms with Gasteiger partial charge in [0.2, 0.25) is 0 Å². The van der Waals surface area contributed by atoms with Crippen LogP contribution in [0.1, 0.15) is 15.9 Å². The van der Waals surface area contributed by atoms with Crippen LogP contribution in [0.4, 0.5) is 0 Å². The molecule has 2 aromatic rings. The van der Waals surface area contributed by atoms with Crippen molar-refractivity contribution in [1.82, 2.24) is 10.4 Å². The van der Waals surface area contributed by atoms with Gasteiger partial charge >= 0.3 is 5.97 Å². The quantitative estimate of drug-likeness (QED) is 0.494. The van der Waals surface area contributed by atoms with Gasteiger partial charge in [-0.1, -0.05) is 0 Å². The van der Waals surface area contributed by atoms with Crippen LogP contribution in [0.15, 0.2) is 53.9 Å². The Bertz CT molecular complexity index is 684. The number of hydrogen-bond acceptors (Lipinski definition) is 6. The second-order valence-corrected chi connectivity index (χ2v) is 4.37. The van der Waals surface area contributed by atoms with Crippen molar-refractivity contribution in [3.05, 3.63) is 59.9 Å². The van der Waals surface area contributed by atoms with Gasteiger partial charge in [0.05, 0.1) is 18.9 Å². The van der Waals surface area contributed by atoms with Crippen LogP contribution in [0, 0.1) is 0 Å². The topological polar surface area (TPSA) is 89.9 Å². The zero-order valence-electron chi connectivity index (χ0n) is 12.4. The highest BCUT2D eigenvalue weighted by atomic mass is 16.6. The first-order chi connectivity index (χ1) is 11.2. The lowest BCUT2D eigenvalue weighted by molar-refractivity contribution is -0.142. The third-order valence-corrected chi connectivity index (χ3v) is 2.77. The molecule has 7 heteroatoms. The van der Waals surface area contributed by atoms with Crippen molar-refractivity contribution in [2.24, 2.45) is 5.10 Å². The number of rotatable bonds is 6. The molecule has 0 radical (unpaired) electrons. The number of hydrogen-bond donors (Lipinski definition) is 1. The molecule has 1 amide bonds. The number of carbonyl (C=O) groups excluding carboxylic acids is 2. The molecule has 23 heavy (non-hydrogen) atoms. The van der Waals surface area contributed by atoms with Crippen molar-refractivity contribution in [3.8, 4) is 5.75 Å². The number of nitrogens with zero attached hydrogens (tertiary/aromatic N) is 2. The number of aromatic nitrogens is 1. The fraction of sp³-hybridized carbons (Fsp3) is 0.125. The lowest BCUT2D eigenvalue weighted by Crippen LogP contribution is -2.17. The summed E-state index contributed by atoms with van der Waals surface area (Å²) in [4.78, 5) is 26.6. The maximum Gasteiger partial charge on any atom is 0.343 e. The zero-order valence-corrected chi connectivity index (χ0v) is 12.4. The van der Waals surface area contributed by atoms with E-state index in [1.54, 1.807) is 42.6 Å². The Morgan fingerprint density at radius 1 is 1.26 bits per heavy atom. The van der Waals surface area contributed by atoms with Crippen LogP contribution in [0.25, 0.3) is 0 Å². The number of pyridine rings is 1. The number of ether oxygens (including phenoxy) is 2. The van der Waals surface area contributed by atoms with Gasteiger partial charge in [-0.15, -0.1) is 0 Å². The smallest absolute Gasteiger partial charge is 0.343 e. The Morgan fingerprint density at radius 3 is 2.70 bits per heavy atom. The minimum absolute atomic E-state index is 0.148. The molecule has 2 rings (SSSR count). The Labute approximate surface area is 132 Å². The predicted octanol–water partition coefficient (Wildman–Crippen LogP) is 1.40. The van der Waals surface area contributed by atoms with Crippen molar-refractivity contribution in [1.29, 1.82) is 0 Å². The third kappa shape index (κ3) is 5.24. The molecule has 1 aromatic heterocycles. The van der Waals surface area contributed by atoms with E-state index in [4.69, 9.17) is 4.74 Å². The lowest BCUT2D eigenvalue weighted by atomic mass is 10.2. The maximum absolute atomic E-state index is 11.7. The second-order valence-electron chi connectivity index (χ2n) is 4.37. The van der Waals surface area contributed by atoms with Gasteiger partial charge in [0, 0.05) is 12.4 Å². The summed E-state index contributed by atoms with van der Waals surface area (Å²) in [5, 5.41) is 3.87. The minimum Gasteiger partial charge on any atom is -0.482 e. The number of carbonyl (C=O) groups is 2. The molecule has 0 saturated carbocycles. The third-order valence-electron chi connectivity index (χ3n) is 2.77. The Hall–Kier alpha value is -3.22. The number of esters is 1. The average molecular weight is 313 g/mol. The van der Waals surface area contributed by atoms with Gasteiger partial charge in [0.25, 0.3) is 5.91 Å². The zero-order chi connectivity index (χ0) is 16.5. The SMILES string of the molecule is COC(=O)COc1ccc(C=NNC(=O)c2cccnc2)cc1. The van der Waals surface area contributed by atoms with Crippen molar-refractivity contribution in [3.63, 3.8) is 0 Å². The molecule has 0 aliphatic carbocycles. The van der Waals surface area contributed by atoms with E-state index in [0.29, 0.717) is 11.3 Å². The summed E-state index contributed by atoms with van der Waals surface area (Å²) in [5.41, 5.74) is 3.60. The molecule has 0 unspecified atom stereocenters. The molecule has 7 nitrogen and oxygen atoms in total. The highest BCUT2D eigenvalue weighted by molar-refractivity contribution is 5.94. The molecular weight excluding hydrogens is 298 g/mol. The summed E-state index contributed by atoms with van der Waals surface area (Å²) < 4.78 is 9.70. The van der Waals surface area contributed by atoms with E-state index < -0.39 is 5.97 Å². The van der Waals surface area contributed by atoms with Crippen LogP contribution in [0.5, 0.6) is 5.75 Å². The standard InChI is InChI=1S/C16H15N3O4/c1-22-15(20)11-23-14-6-4-12(5-7-14)9-18-19-16(21)13-3-2-8-17-10-13/h2-10H,11H2,1H3,(H,19,21). The molecule has 0 aliphatic rings. The number of hydrazone groups is 1. The molecule has 0 spiro atoms. The van der Waals surface area contributed by atoms with Crippen molar-refractivity contribution < 1.29 is 19.1 Å². The number of benzene rings is 1. The molecule has 0 bridgehead atoms. The van der Waals surface area contributed by atoms with Crippen molar-refractivity contribution >= 4 is 18.1 Å². The normalized spacial score (nSPS) is 10.3. The van der Waals surface area contributed by atoms with Gasteiger partial charge in [-0.25, -0.2) is 10.2 Å². The number of methoxy groups -OCH3 is 1. The van der Waals surface area contributed by atoms with Crippen LogP contribution < -0.4 is 10.2 Å². The van der Waals surface area contributed by atoms with E-state index in [1.165, 1.54) is 19.5 Å². The minimum atomic E-state index is -0.450. The van der Waals surface area contributed by atoms with Gasteiger partial charge in [-0.2, -0.15) is 5.10 Å². The summed E-state index contributed by atoms with van der Waals surface area (Å²) in [7, 11) is 1.30. The van der Waals surface area contributed by atoms with Gasteiger partial charge in [0.15, 0.2) is 6.61 Å². The van der Waals surface area contributed by atoms with E-state index in [1.807, 2.05) is 0 Å². The van der Waals surface area contributed by atoms with Crippen LogP contribution >= 0.6 is 0 Å². The lowest BCUT2D eigenvalue weighted by Gasteiger charge is -2.04. The summed E-state index contributed by atoms with van der Waals surface area (Å²) >= 11 is 0. The average Bonchev–Trinajstić information content (AvgIpc) is 2.61. The van der Waals surface area contributed by atoms with E-state index in [2.05, 4.69) is 20.2 Å². The Balaban J connectivity index is 1.85. The number of amides is 1. The maximum atomic E-state index is 11.7. The van der Waals surface area contributed by atoms with E-state index in [0.717, 1.165) is 5.56 Å². The first-order valence-electron chi connectivity index (χ1n) is 6.72. The largest absolute Gasteiger partial charge is 0.482 e. The van der Waals surface area contributed by atoms with E-state index in [9.17, 15) is 9.59 Å². The molecule has 0 saturated heterocycles. The Kier molecular flexibility index (Phi) is 5.81. The van der Waals surface area contributed by atoms with Gasteiger partial charge in [0.1, 0.15) is 5.75 Å². The first kappa shape index (κ1) is 16.2. The fourth-order valence-corrected chi connectivity index (χ4v) is 1.58. The number of nitrogens with one attached hydrogen (secondary N) is 1. The Morgan fingerprint density at radius 2 is 2.04 bits per heavy atom. The summed E-state index contributed by atoms with van der Waals surface area (Å²) in [6.07, 6.45) is 4.54. The van der Waals surface area contributed by atoms with Crippen molar-refractivity contribution in [2.45, 2.75) is 0 Å². The fourth-order valence-electron chi connectivity index (χ4n) is 1.58. The summed E-state index contributed by atoms with van der Waals surface area (Å²) in [6, 6.07) is 10.2. The van der Waals surface area contributed by atoms with Gasteiger partial charge in [-0.3, -0.25) is 9.78 Å². The van der Waals surface area contributed by atoms with Crippen LogP contribution in [-0.4, -0.2) is 36.8 Å². The van der Waals surface area contributed by atoms with Crippen LogP contribution in [0.2, 0.25) is 0 Å². The van der Waals surface area contributed by atoms with Crippen LogP contribution in [-0.2, 0) is 9.53 Å². The summed E-state index contributed by atoms with van der Waals surface area (Å²) in [6.45, 7) is -0.148. The molecule has 1 heterocycles. The molecular formula is C16H15N3O4. The molecule has 0 aliphatic heterocycles. The van der Waals surface area contributed by atoms with E-state index >= 15 is 0 Å². The van der Waals surface area contributed by atoms with Gasteiger partial charge in [-0.05, 0) is 42.0 Å². The highest BCUT2D eigenvalue weighted by Crippen LogP contribution is 2.11. The van der Waals surface area contributed by atoms with Crippen LogP contribution in [0.3, 0.4) is 0 Å². The first-order valence-corrected chi connectivity index (χ1v) is 6.72. The summed E-state index contributed by atoms with van der Waals surface area (Å²) in [5.74, 6) is -0.256. The molecule has 0 atom stereocenters. The van der Waals surface area contributed by atoms with Crippen molar-refractivity contribution in [2.75, 3.05) is 13.7 Å². The van der Waals surface area contributed by atoms with E-state index in [-0.39, 0.29) is 12.5 Å². The predicted molar refractivity (Wildman–Crippen MR) is 83.3 cm³/mol. The highest BCUT2D eigenvalue weighted by Gasteiger charge is 2.03. The molecule has 118 valence electrons. The van der Waals surface area contributed by atoms with Gasteiger partial charge < -0.3 is 9.47 Å². The molecule has 1 N–H and O–H groups in total. The second kappa shape index (κ2) is 8.28. The molecule has 0 fully saturated rings. The molecule has 1 aromatic carbocycles.